The van der Waals surface area contributed by atoms with Gasteiger partial charge in [-0.3, -0.25) is 0 Å². The molecule has 0 radical (unpaired) electrons. The van der Waals surface area contributed by atoms with Gasteiger partial charge in [0.15, 0.2) is 0 Å². The van der Waals surface area contributed by atoms with Crippen molar-refractivity contribution in [2.24, 2.45) is 5.92 Å². The van der Waals surface area contributed by atoms with E-state index >= 15 is 0 Å². The summed E-state index contributed by atoms with van der Waals surface area (Å²) in [6.07, 6.45) is 0. The van der Waals surface area contributed by atoms with Crippen LogP contribution in [0.15, 0.2) is 18.2 Å². The predicted molar refractivity (Wildman–Crippen MR) is 72.7 cm³/mol. The highest BCUT2D eigenvalue weighted by atomic mass is 16.5. The van der Waals surface area contributed by atoms with E-state index in [1.807, 2.05) is 6.92 Å². The molecule has 0 aromatic heterocycles. The second-order valence-corrected chi connectivity index (χ2v) is 4.62. The molecule has 0 saturated heterocycles. The SMILES string of the molecule is CCN(CC(C)C)c1cc(OC)ccc1C(=O)O. The van der Waals surface area contributed by atoms with Crippen LogP contribution in [0.2, 0.25) is 0 Å². The molecule has 4 heteroatoms. The van der Waals surface area contributed by atoms with Crippen LogP contribution in [0.5, 0.6) is 5.75 Å². The molecule has 4 nitrogen and oxygen atoms in total. The van der Waals surface area contributed by atoms with Gasteiger partial charge in [-0.1, -0.05) is 13.8 Å². The molecule has 18 heavy (non-hydrogen) atoms. The van der Waals surface area contributed by atoms with Crippen LogP contribution in [-0.2, 0) is 0 Å². The Morgan fingerprint density at radius 2 is 2.11 bits per heavy atom. The first-order valence-electron chi connectivity index (χ1n) is 6.15. The van der Waals surface area contributed by atoms with Crippen molar-refractivity contribution in [1.29, 1.82) is 0 Å². The monoisotopic (exact) mass is 251 g/mol. The third-order valence-electron chi connectivity index (χ3n) is 2.74. The lowest BCUT2D eigenvalue weighted by Crippen LogP contribution is -2.28. The molecule has 100 valence electrons. The second kappa shape index (κ2) is 6.28. The molecule has 0 aliphatic rings. The van der Waals surface area contributed by atoms with Gasteiger partial charge in [0.1, 0.15) is 5.75 Å². The zero-order chi connectivity index (χ0) is 13.7. The first-order chi connectivity index (χ1) is 8.49. The zero-order valence-electron chi connectivity index (χ0n) is 11.4. The number of carboxylic acid groups (broad SMARTS) is 1. The topological polar surface area (TPSA) is 49.8 Å². The van der Waals surface area contributed by atoms with Gasteiger partial charge >= 0.3 is 5.97 Å². The van der Waals surface area contributed by atoms with Gasteiger partial charge < -0.3 is 14.7 Å². The van der Waals surface area contributed by atoms with Crippen LogP contribution >= 0.6 is 0 Å². The van der Waals surface area contributed by atoms with E-state index in [0.29, 0.717) is 17.2 Å². The molecule has 0 saturated carbocycles. The van der Waals surface area contributed by atoms with E-state index in [-0.39, 0.29) is 0 Å². The number of carboxylic acids is 1. The Labute approximate surface area is 108 Å². The Balaban J connectivity index is 3.19. The normalized spacial score (nSPS) is 10.5. The van der Waals surface area contributed by atoms with Gasteiger partial charge in [0, 0.05) is 19.2 Å². The third-order valence-corrected chi connectivity index (χ3v) is 2.74. The highest BCUT2D eigenvalue weighted by Gasteiger charge is 2.16. The summed E-state index contributed by atoms with van der Waals surface area (Å²) >= 11 is 0. The van der Waals surface area contributed by atoms with Crippen LogP contribution in [0.4, 0.5) is 5.69 Å². The van der Waals surface area contributed by atoms with E-state index < -0.39 is 5.97 Å². The maximum atomic E-state index is 11.3. The average Bonchev–Trinajstić information content (AvgIpc) is 2.34. The van der Waals surface area contributed by atoms with Crippen LogP contribution in [0.3, 0.4) is 0 Å². The molecular weight excluding hydrogens is 230 g/mol. The number of carbonyl (C=O) groups is 1. The van der Waals surface area contributed by atoms with Crippen molar-refractivity contribution >= 4 is 11.7 Å². The lowest BCUT2D eigenvalue weighted by molar-refractivity contribution is 0.0697. The van der Waals surface area contributed by atoms with Gasteiger partial charge in [-0.25, -0.2) is 4.79 Å². The van der Waals surface area contributed by atoms with Gasteiger partial charge in [0.05, 0.1) is 18.4 Å². The van der Waals surface area contributed by atoms with Gasteiger partial charge in [-0.15, -0.1) is 0 Å². The van der Waals surface area contributed by atoms with Crippen molar-refractivity contribution in [3.8, 4) is 5.75 Å². The molecule has 1 aromatic carbocycles. The van der Waals surface area contributed by atoms with E-state index in [1.165, 1.54) is 0 Å². The second-order valence-electron chi connectivity index (χ2n) is 4.62. The largest absolute Gasteiger partial charge is 0.497 e. The minimum Gasteiger partial charge on any atom is -0.497 e. The van der Waals surface area contributed by atoms with Crippen molar-refractivity contribution in [3.05, 3.63) is 23.8 Å². The van der Waals surface area contributed by atoms with Crippen molar-refractivity contribution in [2.75, 3.05) is 25.1 Å². The van der Waals surface area contributed by atoms with E-state index in [0.717, 1.165) is 18.8 Å². The molecule has 0 spiro atoms. The van der Waals surface area contributed by atoms with Gasteiger partial charge in [-0.2, -0.15) is 0 Å². The Kier molecular flexibility index (Phi) is 5.01. The Hall–Kier alpha value is -1.71. The maximum Gasteiger partial charge on any atom is 0.337 e. The van der Waals surface area contributed by atoms with Crippen molar-refractivity contribution < 1.29 is 14.6 Å². The molecule has 1 rings (SSSR count). The van der Waals surface area contributed by atoms with E-state index in [4.69, 9.17) is 4.74 Å². The number of nitrogens with zero attached hydrogens (tertiary/aromatic N) is 1. The molecule has 0 unspecified atom stereocenters. The Morgan fingerprint density at radius 3 is 2.56 bits per heavy atom. The van der Waals surface area contributed by atoms with E-state index in [1.54, 1.807) is 25.3 Å². The Morgan fingerprint density at radius 1 is 1.44 bits per heavy atom. The number of hydrogen-bond donors (Lipinski definition) is 1. The summed E-state index contributed by atoms with van der Waals surface area (Å²) in [5.74, 6) is 0.241. The van der Waals surface area contributed by atoms with Crippen molar-refractivity contribution in [1.82, 2.24) is 0 Å². The molecule has 0 aliphatic heterocycles. The number of ether oxygens (including phenoxy) is 1. The van der Waals surface area contributed by atoms with Crippen LogP contribution in [0.25, 0.3) is 0 Å². The molecule has 0 heterocycles. The molecular formula is C14H21NO3. The molecule has 0 aliphatic carbocycles. The summed E-state index contributed by atoms with van der Waals surface area (Å²) in [5.41, 5.74) is 1.04. The molecule has 0 bridgehead atoms. The van der Waals surface area contributed by atoms with E-state index in [9.17, 15) is 9.90 Å². The van der Waals surface area contributed by atoms with Gasteiger partial charge in [0.25, 0.3) is 0 Å². The summed E-state index contributed by atoms with van der Waals surface area (Å²) < 4.78 is 5.17. The highest BCUT2D eigenvalue weighted by molar-refractivity contribution is 5.94. The van der Waals surface area contributed by atoms with Crippen LogP contribution in [0, 0.1) is 5.92 Å². The summed E-state index contributed by atoms with van der Waals surface area (Å²) in [6, 6.07) is 5.06. The summed E-state index contributed by atoms with van der Waals surface area (Å²) in [5, 5.41) is 9.24. The number of benzene rings is 1. The fraction of sp³-hybridized carbons (Fsp3) is 0.500. The first-order valence-corrected chi connectivity index (χ1v) is 6.15. The summed E-state index contributed by atoms with van der Waals surface area (Å²) in [7, 11) is 1.58. The van der Waals surface area contributed by atoms with Crippen LogP contribution in [-0.4, -0.2) is 31.3 Å². The molecule has 0 fully saturated rings. The minimum atomic E-state index is -0.908. The lowest BCUT2D eigenvalue weighted by Gasteiger charge is -2.27. The van der Waals surface area contributed by atoms with Gasteiger partial charge in [0.2, 0.25) is 0 Å². The zero-order valence-corrected chi connectivity index (χ0v) is 11.4. The van der Waals surface area contributed by atoms with Crippen molar-refractivity contribution in [3.63, 3.8) is 0 Å². The fourth-order valence-corrected chi connectivity index (χ4v) is 1.92. The van der Waals surface area contributed by atoms with Crippen LogP contribution < -0.4 is 9.64 Å². The minimum absolute atomic E-state index is 0.318. The number of methoxy groups -OCH3 is 1. The number of aromatic carboxylic acids is 1. The molecule has 0 amide bonds. The van der Waals surface area contributed by atoms with Gasteiger partial charge in [-0.05, 0) is 25.0 Å². The highest BCUT2D eigenvalue weighted by Crippen LogP contribution is 2.27. The Bertz CT molecular complexity index is 416. The fourth-order valence-electron chi connectivity index (χ4n) is 1.92. The molecule has 1 aromatic rings. The summed E-state index contributed by atoms with van der Waals surface area (Å²) in [4.78, 5) is 13.3. The van der Waals surface area contributed by atoms with Crippen LogP contribution in [0.1, 0.15) is 31.1 Å². The number of rotatable bonds is 6. The summed E-state index contributed by atoms with van der Waals surface area (Å²) in [6.45, 7) is 7.84. The number of hydrogen-bond acceptors (Lipinski definition) is 3. The smallest absolute Gasteiger partial charge is 0.337 e. The van der Waals surface area contributed by atoms with Crippen molar-refractivity contribution in [2.45, 2.75) is 20.8 Å². The predicted octanol–water partition coefficient (Wildman–Crippen LogP) is 2.88. The lowest BCUT2D eigenvalue weighted by atomic mass is 10.1. The van der Waals surface area contributed by atoms with E-state index in [2.05, 4.69) is 18.7 Å². The quantitative estimate of drug-likeness (QED) is 0.844. The standard InChI is InChI=1S/C14H21NO3/c1-5-15(9-10(2)3)13-8-11(18-4)6-7-12(13)14(16)17/h6-8,10H,5,9H2,1-4H3,(H,16,17). The maximum absolute atomic E-state index is 11.3. The number of anilines is 1. The average molecular weight is 251 g/mol. The molecule has 0 atom stereocenters. The first kappa shape index (κ1) is 14.4. The third kappa shape index (κ3) is 3.39. The molecule has 1 N–H and O–H groups in total.